The number of hydrogen-bond donors (Lipinski definition) is 2. The number of para-hydroxylation sites is 1. The zero-order chi connectivity index (χ0) is 14.7. The third-order valence-electron chi connectivity index (χ3n) is 3.68. The van der Waals surface area contributed by atoms with E-state index in [1.165, 1.54) is 4.90 Å². The first-order valence-corrected chi connectivity index (χ1v) is 6.83. The van der Waals surface area contributed by atoms with Crippen molar-refractivity contribution >= 4 is 17.5 Å². The van der Waals surface area contributed by atoms with Crippen molar-refractivity contribution in [3.05, 3.63) is 29.8 Å². The molecule has 0 saturated carbocycles. The van der Waals surface area contributed by atoms with Crippen LogP contribution in [0, 0.1) is 11.8 Å². The SMILES string of the molecule is C[C@@H]1CNC[C@H]1C(=O)Nc1ccccc1C(=O)N(C)C. The van der Waals surface area contributed by atoms with Crippen LogP contribution in [-0.2, 0) is 4.79 Å². The van der Waals surface area contributed by atoms with E-state index >= 15 is 0 Å². The first kappa shape index (κ1) is 14.5. The monoisotopic (exact) mass is 275 g/mol. The molecule has 1 aliphatic heterocycles. The topological polar surface area (TPSA) is 61.4 Å². The maximum atomic E-state index is 12.3. The van der Waals surface area contributed by atoms with Crippen molar-refractivity contribution in [2.24, 2.45) is 11.8 Å². The molecule has 0 aromatic heterocycles. The number of amides is 2. The summed E-state index contributed by atoms with van der Waals surface area (Å²) in [6.07, 6.45) is 0. The van der Waals surface area contributed by atoms with Crippen molar-refractivity contribution in [1.82, 2.24) is 10.2 Å². The van der Waals surface area contributed by atoms with Crippen molar-refractivity contribution in [2.75, 3.05) is 32.5 Å². The molecule has 2 N–H and O–H groups in total. The quantitative estimate of drug-likeness (QED) is 0.871. The van der Waals surface area contributed by atoms with Crippen LogP contribution in [0.4, 0.5) is 5.69 Å². The molecule has 2 atom stereocenters. The zero-order valence-corrected chi connectivity index (χ0v) is 12.1. The van der Waals surface area contributed by atoms with E-state index in [0.717, 1.165) is 6.54 Å². The smallest absolute Gasteiger partial charge is 0.255 e. The fourth-order valence-corrected chi connectivity index (χ4v) is 2.41. The van der Waals surface area contributed by atoms with E-state index < -0.39 is 0 Å². The molecular formula is C15H21N3O2. The Kier molecular flexibility index (Phi) is 4.39. The summed E-state index contributed by atoms with van der Waals surface area (Å²) < 4.78 is 0. The molecule has 0 unspecified atom stereocenters. The van der Waals surface area contributed by atoms with Crippen LogP contribution in [0.1, 0.15) is 17.3 Å². The Hall–Kier alpha value is -1.88. The summed E-state index contributed by atoms with van der Waals surface area (Å²) in [6, 6.07) is 7.11. The number of rotatable bonds is 3. The number of nitrogens with zero attached hydrogens (tertiary/aromatic N) is 1. The Morgan fingerprint density at radius 2 is 1.95 bits per heavy atom. The highest BCUT2D eigenvalue weighted by Gasteiger charge is 2.30. The number of benzene rings is 1. The molecule has 5 heteroatoms. The van der Waals surface area contributed by atoms with Gasteiger partial charge in [0.15, 0.2) is 0 Å². The summed E-state index contributed by atoms with van der Waals surface area (Å²) in [7, 11) is 3.40. The fraction of sp³-hybridized carbons (Fsp3) is 0.467. The lowest BCUT2D eigenvalue weighted by Crippen LogP contribution is -2.29. The number of carbonyl (C=O) groups is 2. The Morgan fingerprint density at radius 3 is 2.55 bits per heavy atom. The van der Waals surface area contributed by atoms with E-state index in [0.29, 0.717) is 23.7 Å². The molecular weight excluding hydrogens is 254 g/mol. The average molecular weight is 275 g/mol. The molecule has 2 amide bonds. The minimum Gasteiger partial charge on any atom is -0.345 e. The van der Waals surface area contributed by atoms with Crippen LogP contribution >= 0.6 is 0 Å². The minimum atomic E-state index is -0.113. The van der Waals surface area contributed by atoms with Crippen LogP contribution in [-0.4, -0.2) is 43.9 Å². The van der Waals surface area contributed by atoms with Crippen molar-refractivity contribution in [1.29, 1.82) is 0 Å². The van der Waals surface area contributed by atoms with E-state index in [1.807, 2.05) is 6.07 Å². The predicted octanol–water partition coefficient (Wildman–Crippen LogP) is 1.18. The van der Waals surface area contributed by atoms with Gasteiger partial charge in [-0.15, -0.1) is 0 Å². The van der Waals surface area contributed by atoms with Crippen LogP contribution < -0.4 is 10.6 Å². The molecule has 1 aliphatic rings. The Bertz CT molecular complexity index is 514. The first-order chi connectivity index (χ1) is 9.50. The molecule has 1 heterocycles. The van der Waals surface area contributed by atoms with E-state index in [1.54, 1.807) is 32.3 Å². The minimum absolute atomic E-state index is 0.0264. The number of hydrogen-bond acceptors (Lipinski definition) is 3. The van der Waals surface area contributed by atoms with Gasteiger partial charge in [-0.25, -0.2) is 0 Å². The second kappa shape index (κ2) is 6.05. The fourth-order valence-electron chi connectivity index (χ4n) is 2.41. The van der Waals surface area contributed by atoms with Crippen LogP contribution in [0.25, 0.3) is 0 Å². The van der Waals surface area contributed by atoms with Crippen molar-refractivity contribution < 1.29 is 9.59 Å². The highest BCUT2D eigenvalue weighted by Crippen LogP contribution is 2.21. The third kappa shape index (κ3) is 2.99. The second-order valence-electron chi connectivity index (χ2n) is 5.48. The molecule has 1 fully saturated rings. The van der Waals surface area contributed by atoms with Crippen molar-refractivity contribution in [3.8, 4) is 0 Å². The van der Waals surface area contributed by atoms with Gasteiger partial charge < -0.3 is 15.5 Å². The van der Waals surface area contributed by atoms with Crippen LogP contribution in [0.15, 0.2) is 24.3 Å². The molecule has 2 rings (SSSR count). The molecule has 20 heavy (non-hydrogen) atoms. The molecule has 1 aromatic rings. The summed E-state index contributed by atoms with van der Waals surface area (Å²) in [5.41, 5.74) is 1.10. The molecule has 0 aliphatic carbocycles. The molecule has 0 bridgehead atoms. The van der Waals surface area contributed by atoms with Crippen LogP contribution in [0.5, 0.6) is 0 Å². The van der Waals surface area contributed by atoms with Gasteiger partial charge in [-0.3, -0.25) is 9.59 Å². The van der Waals surface area contributed by atoms with Gasteiger partial charge in [-0.1, -0.05) is 19.1 Å². The molecule has 0 spiro atoms. The number of nitrogens with one attached hydrogen (secondary N) is 2. The van der Waals surface area contributed by atoms with Crippen LogP contribution in [0.3, 0.4) is 0 Å². The number of anilines is 1. The molecule has 108 valence electrons. The summed E-state index contributed by atoms with van der Waals surface area (Å²) in [4.78, 5) is 25.9. The van der Waals surface area contributed by atoms with Gasteiger partial charge in [-0.05, 0) is 24.6 Å². The lowest BCUT2D eigenvalue weighted by molar-refractivity contribution is -0.120. The van der Waals surface area contributed by atoms with E-state index in [4.69, 9.17) is 0 Å². The molecule has 1 saturated heterocycles. The largest absolute Gasteiger partial charge is 0.345 e. The molecule has 5 nitrogen and oxygen atoms in total. The maximum absolute atomic E-state index is 12.3. The summed E-state index contributed by atoms with van der Waals surface area (Å²) in [6.45, 7) is 3.61. The van der Waals surface area contributed by atoms with Crippen molar-refractivity contribution in [3.63, 3.8) is 0 Å². The molecule has 0 radical (unpaired) electrons. The van der Waals surface area contributed by atoms with Gasteiger partial charge in [0.2, 0.25) is 5.91 Å². The predicted molar refractivity (Wildman–Crippen MR) is 78.6 cm³/mol. The standard InChI is InChI=1S/C15H21N3O2/c1-10-8-16-9-12(10)14(19)17-13-7-5-4-6-11(13)15(20)18(2)3/h4-7,10,12,16H,8-9H2,1-3H3,(H,17,19)/t10-,12-/m1/s1. The Labute approximate surface area is 119 Å². The summed E-state index contributed by atoms with van der Waals surface area (Å²) in [5.74, 6) is 0.129. The summed E-state index contributed by atoms with van der Waals surface area (Å²) >= 11 is 0. The first-order valence-electron chi connectivity index (χ1n) is 6.83. The number of carbonyl (C=O) groups excluding carboxylic acids is 2. The summed E-state index contributed by atoms with van der Waals surface area (Å²) in [5, 5.41) is 6.10. The van der Waals surface area contributed by atoms with Gasteiger partial charge in [0, 0.05) is 20.6 Å². The molecule has 1 aromatic carbocycles. The van der Waals surface area contributed by atoms with E-state index in [-0.39, 0.29) is 17.7 Å². The van der Waals surface area contributed by atoms with Gasteiger partial charge >= 0.3 is 0 Å². The Balaban J connectivity index is 2.17. The maximum Gasteiger partial charge on any atom is 0.255 e. The van der Waals surface area contributed by atoms with E-state index in [9.17, 15) is 9.59 Å². The highest BCUT2D eigenvalue weighted by atomic mass is 16.2. The second-order valence-corrected chi connectivity index (χ2v) is 5.48. The van der Waals surface area contributed by atoms with Gasteiger partial charge in [-0.2, -0.15) is 0 Å². The van der Waals surface area contributed by atoms with Crippen molar-refractivity contribution in [2.45, 2.75) is 6.92 Å². The van der Waals surface area contributed by atoms with E-state index in [2.05, 4.69) is 17.6 Å². The lowest BCUT2D eigenvalue weighted by Gasteiger charge is -2.17. The van der Waals surface area contributed by atoms with Crippen LogP contribution in [0.2, 0.25) is 0 Å². The third-order valence-corrected chi connectivity index (χ3v) is 3.68. The van der Waals surface area contributed by atoms with Gasteiger partial charge in [0.1, 0.15) is 0 Å². The van der Waals surface area contributed by atoms with Gasteiger partial charge in [0.05, 0.1) is 17.2 Å². The normalized spacial score (nSPS) is 21.6. The highest BCUT2D eigenvalue weighted by molar-refractivity contribution is 6.04. The average Bonchev–Trinajstić information content (AvgIpc) is 2.84. The lowest BCUT2D eigenvalue weighted by atomic mass is 9.97. The Morgan fingerprint density at radius 1 is 1.25 bits per heavy atom. The van der Waals surface area contributed by atoms with Gasteiger partial charge in [0.25, 0.3) is 5.91 Å². The zero-order valence-electron chi connectivity index (χ0n) is 12.1.